The van der Waals surface area contributed by atoms with Gasteiger partial charge in [-0.3, -0.25) is 4.90 Å². The van der Waals surface area contributed by atoms with Crippen LogP contribution < -0.4 is 5.32 Å². The van der Waals surface area contributed by atoms with Crippen LogP contribution in [0.3, 0.4) is 0 Å². The molecule has 2 saturated heterocycles. The van der Waals surface area contributed by atoms with Crippen molar-refractivity contribution in [3.05, 3.63) is 34.9 Å². The van der Waals surface area contributed by atoms with Gasteiger partial charge in [0.15, 0.2) is 0 Å². The fourth-order valence-corrected chi connectivity index (χ4v) is 3.83. The lowest BCUT2D eigenvalue weighted by Gasteiger charge is -2.34. The van der Waals surface area contributed by atoms with E-state index < -0.39 is 0 Å². The monoisotopic (exact) mass is 278 g/mol. The predicted molar refractivity (Wildman–Crippen MR) is 80.6 cm³/mol. The average molecular weight is 279 g/mol. The first-order chi connectivity index (χ1) is 9.25. The molecule has 1 aromatic carbocycles. The van der Waals surface area contributed by atoms with Crippen LogP contribution in [-0.4, -0.2) is 30.1 Å². The van der Waals surface area contributed by atoms with Crippen molar-refractivity contribution in [3.63, 3.8) is 0 Å². The van der Waals surface area contributed by atoms with Crippen molar-refractivity contribution in [1.29, 1.82) is 0 Å². The van der Waals surface area contributed by atoms with Gasteiger partial charge < -0.3 is 5.32 Å². The minimum Gasteiger partial charge on any atom is -0.312 e. The lowest BCUT2D eigenvalue weighted by molar-refractivity contribution is 0.163. The van der Waals surface area contributed by atoms with E-state index in [2.05, 4.69) is 29.3 Å². The van der Waals surface area contributed by atoms with E-state index in [1.807, 2.05) is 12.1 Å². The Labute approximate surface area is 121 Å². The van der Waals surface area contributed by atoms with Crippen molar-refractivity contribution in [2.24, 2.45) is 0 Å². The zero-order valence-electron chi connectivity index (χ0n) is 11.6. The fourth-order valence-electron chi connectivity index (χ4n) is 3.70. The SMILES string of the molecule is CC(c1ccc(Cl)cc1)N1CCCC1C1CCCN1. The van der Waals surface area contributed by atoms with Crippen LogP contribution in [0.5, 0.6) is 0 Å². The lowest BCUT2D eigenvalue weighted by atomic mass is 10.0. The summed E-state index contributed by atoms with van der Waals surface area (Å²) in [6.07, 6.45) is 5.36. The summed E-state index contributed by atoms with van der Waals surface area (Å²) in [6, 6.07) is 10.3. The number of nitrogens with zero attached hydrogens (tertiary/aromatic N) is 1. The number of nitrogens with one attached hydrogen (secondary N) is 1. The molecule has 2 nitrogen and oxygen atoms in total. The van der Waals surface area contributed by atoms with Crippen LogP contribution >= 0.6 is 11.6 Å². The first-order valence-corrected chi connectivity index (χ1v) is 7.88. The van der Waals surface area contributed by atoms with Crippen LogP contribution in [0, 0.1) is 0 Å². The predicted octanol–water partition coefficient (Wildman–Crippen LogP) is 3.62. The molecule has 3 unspecified atom stereocenters. The highest BCUT2D eigenvalue weighted by Crippen LogP contribution is 2.33. The van der Waals surface area contributed by atoms with E-state index in [1.165, 1.54) is 44.3 Å². The van der Waals surface area contributed by atoms with Gasteiger partial charge >= 0.3 is 0 Å². The minimum absolute atomic E-state index is 0.493. The molecule has 3 rings (SSSR count). The van der Waals surface area contributed by atoms with Gasteiger partial charge in [0.25, 0.3) is 0 Å². The largest absolute Gasteiger partial charge is 0.312 e. The van der Waals surface area contributed by atoms with Crippen molar-refractivity contribution in [2.75, 3.05) is 13.1 Å². The first-order valence-electron chi connectivity index (χ1n) is 7.50. The summed E-state index contributed by atoms with van der Waals surface area (Å²) in [7, 11) is 0. The van der Waals surface area contributed by atoms with Crippen molar-refractivity contribution in [2.45, 2.75) is 50.7 Å². The number of hydrogen-bond donors (Lipinski definition) is 1. The summed E-state index contributed by atoms with van der Waals surface area (Å²) in [5, 5.41) is 4.51. The molecule has 0 aromatic heterocycles. The van der Waals surface area contributed by atoms with Gasteiger partial charge in [-0.15, -0.1) is 0 Å². The number of rotatable bonds is 3. The average Bonchev–Trinajstić information content (AvgIpc) is 3.09. The second-order valence-electron chi connectivity index (χ2n) is 5.88. The molecule has 2 fully saturated rings. The fraction of sp³-hybridized carbons (Fsp3) is 0.625. The third-order valence-corrected chi connectivity index (χ3v) is 5.01. The third kappa shape index (κ3) is 2.81. The maximum atomic E-state index is 5.98. The molecule has 1 N–H and O–H groups in total. The topological polar surface area (TPSA) is 15.3 Å². The van der Waals surface area contributed by atoms with Gasteiger partial charge in [0, 0.05) is 23.1 Å². The number of halogens is 1. The van der Waals surface area contributed by atoms with E-state index in [-0.39, 0.29) is 0 Å². The first kappa shape index (κ1) is 13.4. The number of benzene rings is 1. The summed E-state index contributed by atoms with van der Waals surface area (Å²) in [5.74, 6) is 0. The van der Waals surface area contributed by atoms with Crippen molar-refractivity contribution in [1.82, 2.24) is 10.2 Å². The van der Waals surface area contributed by atoms with Crippen molar-refractivity contribution < 1.29 is 0 Å². The van der Waals surface area contributed by atoms with Gasteiger partial charge in [-0.25, -0.2) is 0 Å². The summed E-state index contributed by atoms with van der Waals surface area (Å²) >= 11 is 5.98. The summed E-state index contributed by atoms with van der Waals surface area (Å²) in [6.45, 7) is 4.76. The molecule has 2 aliphatic heterocycles. The molecule has 104 valence electrons. The molecule has 0 radical (unpaired) electrons. The third-order valence-electron chi connectivity index (χ3n) is 4.75. The van der Waals surface area contributed by atoms with Crippen LogP contribution in [0.2, 0.25) is 5.02 Å². The van der Waals surface area contributed by atoms with E-state index in [0.717, 1.165) is 5.02 Å². The summed E-state index contributed by atoms with van der Waals surface area (Å²) < 4.78 is 0. The van der Waals surface area contributed by atoms with Gasteiger partial charge in [0.1, 0.15) is 0 Å². The molecule has 19 heavy (non-hydrogen) atoms. The minimum atomic E-state index is 0.493. The van der Waals surface area contributed by atoms with E-state index in [0.29, 0.717) is 18.1 Å². The molecular formula is C16H23ClN2. The second-order valence-corrected chi connectivity index (χ2v) is 6.31. The summed E-state index contributed by atoms with van der Waals surface area (Å²) in [4.78, 5) is 2.69. The Hall–Kier alpha value is -0.570. The highest BCUT2D eigenvalue weighted by atomic mass is 35.5. The molecule has 0 spiro atoms. The molecule has 2 heterocycles. The van der Waals surface area contributed by atoms with Crippen molar-refractivity contribution >= 4 is 11.6 Å². The molecule has 3 atom stereocenters. The van der Waals surface area contributed by atoms with E-state index >= 15 is 0 Å². The Morgan fingerprint density at radius 3 is 2.68 bits per heavy atom. The molecule has 0 amide bonds. The van der Waals surface area contributed by atoms with Crippen LogP contribution in [0.4, 0.5) is 0 Å². The Bertz CT molecular complexity index is 411. The zero-order chi connectivity index (χ0) is 13.2. The van der Waals surface area contributed by atoms with Gasteiger partial charge in [0.2, 0.25) is 0 Å². The number of hydrogen-bond acceptors (Lipinski definition) is 2. The molecule has 0 aliphatic carbocycles. The highest BCUT2D eigenvalue weighted by Gasteiger charge is 2.35. The van der Waals surface area contributed by atoms with E-state index in [9.17, 15) is 0 Å². The molecule has 1 aromatic rings. The Kier molecular flexibility index (Phi) is 4.11. The van der Waals surface area contributed by atoms with Crippen LogP contribution in [0.15, 0.2) is 24.3 Å². The Balaban J connectivity index is 1.74. The lowest BCUT2D eigenvalue weighted by Crippen LogP contribution is -2.44. The van der Waals surface area contributed by atoms with E-state index in [1.54, 1.807) is 0 Å². The van der Waals surface area contributed by atoms with Gasteiger partial charge in [-0.1, -0.05) is 23.7 Å². The Morgan fingerprint density at radius 2 is 2.00 bits per heavy atom. The molecule has 0 saturated carbocycles. The highest BCUT2D eigenvalue weighted by molar-refractivity contribution is 6.30. The Morgan fingerprint density at radius 1 is 1.21 bits per heavy atom. The van der Waals surface area contributed by atoms with Crippen molar-refractivity contribution in [3.8, 4) is 0 Å². The normalized spacial score (nSPS) is 29.8. The maximum Gasteiger partial charge on any atom is 0.0406 e. The molecule has 2 aliphatic rings. The molecular weight excluding hydrogens is 256 g/mol. The summed E-state index contributed by atoms with van der Waals surface area (Å²) in [5.41, 5.74) is 1.38. The maximum absolute atomic E-state index is 5.98. The second kappa shape index (κ2) is 5.82. The van der Waals surface area contributed by atoms with Crippen LogP contribution in [0.1, 0.15) is 44.2 Å². The van der Waals surface area contributed by atoms with Crippen LogP contribution in [0.25, 0.3) is 0 Å². The van der Waals surface area contributed by atoms with E-state index in [4.69, 9.17) is 11.6 Å². The van der Waals surface area contributed by atoms with Gasteiger partial charge in [0.05, 0.1) is 0 Å². The smallest absolute Gasteiger partial charge is 0.0406 e. The van der Waals surface area contributed by atoms with Gasteiger partial charge in [-0.05, 0) is 63.4 Å². The zero-order valence-corrected chi connectivity index (χ0v) is 12.4. The van der Waals surface area contributed by atoms with Gasteiger partial charge in [-0.2, -0.15) is 0 Å². The number of likely N-dealkylation sites (tertiary alicyclic amines) is 1. The standard InChI is InChI=1S/C16H23ClN2/c1-12(13-6-8-14(17)9-7-13)19-11-3-5-16(19)15-4-2-10-18-15/h6-9,12,15-16,18H,2-5,10-11H2,1H3. The molecule has 0 bridgehead atoms. The quantitative estimate of drug-likeness (QED) is 0.909. The van der Waals surface area contributed by atoms with Crippen LogP contribution in [-0.2, 0) is 0 Å². The molecule has 3 heteroatoms.